The highest BCUT2D eigenvalue weighted by molar-refractivity contribution is 5.43. The van der Waals surface area contributed by atoms with Crippen LogP contribution in [0.15, 0.2) is 12.1 Å². The number of nitrogens with one attached hydrogen (secondary N) is 1. The van der Waals surface area contributed by atoms with Crippen LogP contribution in [0.1, 0.15) is 67.4 Å². The van der Waals surface area contributed by atoms with Gasteiger partial charge in [-0.3, -0.25) is 0 Å². The number of hydrogen-bond acceptors (Lipinski definition) is 3. The first-order chi connectivity index (χ1) is 12.4. The Bertz CT molecular complexity index is 769. The lowest BCUT2D eigenvalue weighted by Crippen LogP contribution is -2.29. The van der Waals surface area contributed by atoms with E-state index in [1.54, 1.807) is 0 Å². The molecule has 2 fully saturated rings. The maximum Gasteiger partial charge on any atom is 0.391 e. The first-order valence-corrected chi connectivity index (χ1v) is 9.56. The Morgan fingerprint density at radius 1 is 1.08 bits per heavy atom. The zero-order valence-corrected chi connectivity index (χ0v) is 15.0. The molecule has 0 amide bonds. The molecule has 1 aliphatic carbocycles. The summed E-state index contributed by atoms with van der Waals surface area (Å²) in [6, 6.07) is 4.08. The summed E-state index contributed by atoms with van der Waals surface area (Å²) < 4.78 is 40.6. The van der Waals surface area contributed by atoms with Crippen LogP contribution in [0.5, 0.6) is 0 Å². The zero-order valence-electron chi connectivity index (χ0n) is 15.0. The van der Waals surface area contributed by atoms with Crippen molar-refractivity contribution in [3.63, 3.8) is 0 Å². The Hall–Kier alpha value is -1.63. The predicted molar refractivity (Wildman–Crippen MR) is 93.3 cm³/mol. The molecule has 1 unspecified atom stereocenters. The number of aryl methyl sites for hydroxylation is 1. The van der Waals surface area contributed by atoms with E-state index in [1.807, 2.05) is 17.5 Å². The fourth-order valence-corrected chi connectivity index (χ4v) is 4.46. The van der Waals surface area contributed by atoms with Crippen LogP contribution in [0, 0.1) is 12.8 Å². The molecule has 26 heavy (non-hydrogen) atoms. The van der Waals surface area contributed by atoms with Crippen LogP contribution >= 0.6 is 0 Å². The van der Waals surface area contributed by atoms with E-state index in [9.17, 15) is 13.2 Å². The smallest absolute Gasteiger partial charge is 0.316 e. The fourth-order valence-electron chi connectivity index (χ4n) is 4.46. The lowest BCUT2D eigenvalue weighted by Gasteiger charge is -2.28. The molecule has 1 atom stereocenters. The summed E-state index contributed by atoms with van der Waals surface area (Å²) in [5, 5.41) is 8.22. The number of halogens is 3. The minimum Gasteiger partial charge on any atom is -0.316 e. The van der Waals surface area contributed by atoms with Crippen molar-refractivity contribution in [3.05, 3.63) is 29.2 Å². The Kier molecular flexibility index (Phi) is 4.67. The summed E-state index contributed by atoms with van der Waals surface area (Å²) in [5.41, 5.74) is 3.84. The molecular weight excluding hydrogens is 341 g/mol. The molecule has 1 N–H and O–H groups in total. The molecule has 0 aromatic carbocycles. The molecule has 2 aromatic rings. The number of piperidine rings is 1. The summed E-state index contributed by atoms with van der Waals surface area (Å²) in [6.07, 6.45) is -0.299. The molecule has 4 rings (SSSR count). The summed E-state index contributed by atoms with van der Waals surface area (Å²) in [7, 11) is 0. The third-order valence-corrected chi connectivity index (χ3v) is 5.93. The average molecular weight is 366 g/mol. The average Bonchev–Trinajstić information content (AvgIpc) is 3.05. The Morgan fingerprint density at radius 3 is 2.50 bits per heavy atom. The van der Waals surface area contributed by atoms with Gasteiger partial charge in [-0.2, -0.15) is 18.3 Å². The van der Waals surface area contributed by atoms with Gasteiger partial charge in [-0.1, -0.05) is 0 Å². The van der Waals surface area contributed by atoms with Crippen molar-refractivity contribution in [1.82, 2.24) is 19.9 Å². The predicted octanol–water partition coefficient (Wildman–Crippen LogP) is 4.34. The van der Waals surface area contributed by atoms with Crippen molar-refractivity contribution in [3.8, 4) is 0 Å². The van der Waals surface area contributed by atoms with Gasteiger partial charge in [-0.05, 0) is 58.1 Å². The standard InChI is InChI=1S/C19H25F3N4/c1-12-9-17(14-3-2-8-23-11-14)26-18(24-12)10-16(25-26)13-4-6-15(7-5-13)19(20,21)22/h9-10,13-15,23H,2-8,11H2,1H3. The minimum atomic E-state index is -4.07. The first-order valence-electron chi connectivity index (χ1n) is 9.56. The highest BCUT2D eigenvalue weighted by Crippen LogP contribution is 2.42. The molecule has 0 radical (unpaired) electrons. The van der Waals surface area contributed by atoms with E-state index in [1.165, 1.54) is 0 Å². The molecule has 2 aromatic heterocycles. The van der Waals surface area contributed by atoms with Gasteiger partial charge in [0.15, 0.2) is 5.65 Å². The lowest BCUT2D eigenvalue weighted by atomic mass is 9.80. The van der Waals surface area contributed by atoms with Crippen LogP contribution < -0.4 is 5.32 Å². The second kappa shape index (κ2) is 6.83. The van der Waals surface area contributed by atoms with Crippen LogP contribution in [0.4, 0.5) is 13.2 Å². The number of rotatable bonds is 2. The summed E-state index contributed by atoms with van der Waals surface area (Å²) in [4.78, 5) is 4.60. The van der Waals surface area contributed by atoms with Gasteiger partial charge < -0.3 is 5.32 Å². The highest BCUT2D eigenvalue weighted by atomic mass is 19.4. The molecule has 2 aliphatic rings. The number of fused-ring (bicyclic) bond motifs is 1. The van der Waals surface area contributed by atoms with Crippen LogP contribution in [-0.2, 0) is 0 Å². The quantitative estimate of drug-likeness (QED) is 0.860. The van der Waals surface area contributed by atoms with Crippen molar-refractivity contribution < 1.29 is 13.2 Å². The molecule has 7 heteroatoms. The molecule has 0 bridgehead atoms. The van der Waals surface area contributed by atoms with Crippen molar-refractivity contribution in [2.75, 3.05) is 13.1 Å². The second-order valence-corrected chi connectivity index (χ2v) is 7.80. The Balaban J connectivity index is 1.60. The molecular formula is C19H25F3N4. The summed E-state index contributed by atoms with van der Waals surface area (Å²) in [5.74, 6) is -0.644. The van der Waals surface area contributed by atoms with Crippen LogP contribution in [0.2, 0.25) is 0 Å². The monoisotopic (exact) mass is 366 g/mol. The molecule has 1 saturated heterocycles. The van der Waals surface area contributed by atoms with Gasteiger partial charge in [-0.25, -0.2) is 9.50 Å². The van der Waals surface area contributed by atoms with Crippen LogP contribution in [0.25, 0.3) is 5.65 Å². The first kappa shape index (κ1) is 17.8. The largest absolute Gasteiger partial charge is 0.391 e. The SMILES string of the molecule is Cc1cc(C2CCCNC2)n2nc(C3CCC(C(F)(F)F)CC3)cc2n1. The van der Waals surface area contributed by atoms with Crippen LogP contribution in [0.3, 0.4) is 0 Å². The van der Waals surface area contributed by atoms with E-state index in [4.69, 9.17) is 5.10 Å². The number of aromatic nitrogens is 3. The maximum absolute atomic E-state index is 12.9. The fraction of sp³-hybridized carbons (Fsp3) is 0.684. The zero-order chi connectivity index (χ0) is 18.3. The van der Waals surface area contributed by atoms with Crippen molar-refractivity contribution in [2.45, 2.75) is 63.5 Å². The van der Waals surface area contributed by atoms with Gasteiger partial charge in [0.05, 0.1) is 17.3 Å². The molecule has 4 nitrogen and oxygen atoms in total. The van der Waals surface area contributed by atoms with Gasteiger partial charge in [0, 0.05) is 30.1 Å². The highest BCUT2D eigenvalue weighted by Gasteiger charge is 2.42. The third-order valence-electron chi connectivity index (χ3n) is 5.93. The van der Waals surface area contributed by atoms with E-state index >= 15 is 0 Å². The van der Waals surface area contributed by atoms with E-state index in [0.29, 0.717) is 18.8 Å². The summed E-state index contributed by atoms with van der Waals surface area (Å²) >= 11 is 0. The molecule has 0 spiro atoms. The van der Waals surface area contributed by atoms with Crippen molar-refractivity contribution >= 4 is 5.65 Å². The number of hydrogen-bond donors (Lipinski definition) is 1. The second-order valence-electron chi connectivity index (χ2n) is 7.80. The topological polar surface area (TPSA) is 42.2 Å². The normalized spacial score (nSPS) is 27.8. The van der Waals surface area contributed by atoms with E-state index < -0.39 is 12.1 Å². The van der Waals surface area contributed by atoms with E-state index in [2.05, 4.69) is 16.4 Å². The Morgan fingerprint density at radius 2 is 1.85 bits per heavy atom. The summed E-state index contributed by atoms with van der Waals surface area (Å²) in [6.45, 7) is 3.97. The molecule has 1 aliphatic heterocycles. The van der Waals surface area contributed by atoms with E-state index in [-0.39, 0.29) is 18.8 Å². The van der Waals surface area contributed by atoms with Gasteiger partial charge in [0.25, 0.3) is 0 Å². The van der Waals surface area contributed by atoms with Crippen LogP contribution in [-0.4, -0.2) is 33.9 Å². The van der Waals surface area contributed by atoms with Gasteiger partial charge in [0.2, 0.25) is 0 Å². The minimum absolute atomic E-state index is 0.105. The van der Waals surface area contributed by atoms with Gasteiger partial charge >= 0.3 is 6.18 Å². The molecule has 3 heterocycles. The van der Waals surface area contributed by atoms with Gasteiger partial charge in [0.1, 0.15) is 0 Å². The van der Waals surface area contributed by atoms with E-state index in [0.717, 1.165) is 48.7 Å². The maximum atomic E-state index is 12.9. The molecule has 142 valence electrons. The third kappa shape index (κ3) is 3.46. The van der Waals surface area contributed by atoms with Crippen molar-refractivity contribution in [1.29, 1.82) is 0 Å². The number of nitrogens with zero attached hydrogens (tertiary/aromatic N) is 3. The van der Waals surface area contributed by atoms with Gasteiger partial charge in [-0.15, -0.1) is 0 Å². The molecule has 1 saturated carbocycles. The Labute approximate surface area is 151 Å². The number of alkyl halides is 3. The lowest BCUT2D eigenvalue weighted by molar-refractivity contribution is -0.182. The van der Waals surface area contributed by atoms with Crippen molar-refractivity contribution in [2.24, 2.45) is 5.92 Å².